The number of morpholine rings is 1. The van der Waals surface area contributed by atoms with E-state index in [0.717, 1.165) is 0 Å². The van der Waals surface area contributed by atoms with Gasteiger partial charge in [0.25, 0.3) is 5.91 Å². The van der Waals surface area contributed by atoms with E-state index in [1.54, 1.807) is 42.5 Å². The first kappa shape index (κ1) is 29.9. The van der Waals surface area contributed by atoms with Crippen LogP contribution < -0.4 is 10.1 Å². The van der Waals surface area contributed by atoms with Crippen LogP contribution in [0.2, 0.25) is 0 Å². The number of halogens is 1. The minimum absolute atomic E-state index is 0.0142. The average molecular weight is 582 g/mol. The average Bonchev–Trinajstić information content (AvgIpc) is 3.00. The molecule has 0 bridgehead atoms. The molecule has 41 heavy (non-hydrogen) atoms. The van der Waals surface area contributed by atoms with E-state index in [9.17, 15) is 22.4 Å². The van der Waals surface area contributed by atoms with Gasteiger partial charge < -0.3 is 19.7 Å². The summed E-state index contributed by atoms with van der Waals surface area (Å²) in [6, 6.07) is 19.3. The third-order valence-electron chi connectivity index (χ3n) is 6.48. The van der Waals surface area contributed by atoms with Crippen LogP contribution in [-0.2, 0) is 30.9 Å². The van der Waals surface area contributed by atoms with Crippen molar-refractivity contribution in [1.82, 2.24) is 14.5 Å². The maximum atomic E-state index is 13.6. The van der Waals surface area contributed by atoms with Gasteiger partial charge in [0.15, 0.2) is 6.61 Å². The van der Waals surface area contributed by atoms with Crippen LogP contribution in [0.4, 0.5) is 4.39 Å². The van der Waals surface area contributed by atoms with Crippen molar-refractivity contribution >= 4 is 21.8 Å². The molecule has 3 aromatic carbocycles. The quantitative estimate of drug-likeness (QED) is 0.329. The molecule has 3 aromatic rings. The van der Waals surface area contributed by atoms with Crippen molar-refractivity contribution in [3.63, 3.8) is 0 Å². The molecule has 9 nitrogen and oxygen atoms in total. The summed E-state index contributed by atoms with van der Waals surface area (Å²) in [5, 5.41) is 2.76. The van der Waals surface area contributed by atoms with Gasteiger partial charge in [-0.1, -0.05) is 48.5 Å². The largest absolute Gasteiger partial charge is 0.484 e. The molecule has 1 aliphatic rings. The monoisotopic (exact) mass is 581 g/mol. The fourth-order valence-electron chi connectivity index (χ4n) is 4.36. The van der Waals surface area contributed by atoms with E-state index in [1.165, 1.54) is 51.7 Å². The summed E-state index contributed by atoms with van der Waals surface area (Å²) in [6.45, 7) is 4.67. The third kappa shape index (κ3) is 7.78. The molecular weight excluding hydrogens is 549 g/mol. The molecule has 0 radical (unpaired) electrons. The second-order valence-corrected chi connectivity index (χ2v) is 11.2. The Morgan fingerprint density at radius 1 is 1.02 bits per heavy atom. The lowest BCUT2D eigenvalue weighted by atomic mass is 10.0. The minimum atomic E-state index is -3.68. The number of sulfonamides is 1. The summed E-state index contributed by atoms with van der Waals surface area (Å²) in [5.74, 6) is -1.04. The summed E-state index contributed by atoms with van der Waals surface area (Å²) in [7, 11) is -3.68. The fraction of sp³-hybridized carbons (Fsp3) is 0.267. The number of ether oxygens (including phenoxy) is 2. The van der Waals surface area contributed by atoms with Gasteiger partial charge in [-0.15, -0.1) is 6.58 Å². The molecule has 1 aliphatic heterocycles. The van der Waals surface area contributed by atoms with E-state index in [1.807, 2.05) is 0 Å². The highest BCUT2D eigenvalue weighted by Crippen LogP contribution is 2.25. The Hall–Kier alpha value is -4.06. The van der Waals surface area contributed by atoms with Crippen LogP contribution in [-0.4, -0.2) is 68.9 Å². The zero-order valence-electron chi connectivity index (χ0n) is 22.4. The summed E-state index contributed by atoms with van der Waals surface area (Å²) in [4.78, 5) is 28.4. The SMILES string of the molecule is C=CCNC(=O)[C@H](c1ccccc1)N(Cc1ccc(F)cc1)C(=O)COc1ccc(S(=O)(=O)N2CCOCC2)cc1. The number of hydrogen-bond acceptors (Lipinski definition) is 6. The molecule has 1 fully saturated rings. The Morgan fingerprint density at radius 2 is 1.68 bits per heavy atom. The van der Waals surface area contributed by atoms with Gasteiger partial charge in [-0.3, -0.25) is 9.59 Å². The zero-order valence-corrected chi connectivity index (χ0v) is 23.3. The Morgan fingerprint density at radius 3 is 2.32 bits per heavy atom. The van der Waals surface area contributed by atoms with Crippen LogP contribution >= 0.6 is 0 Å². The highest BCUT2D eigenvalue weighted by atomic mass is 32.2. The van der Waals surface area contributed by atoms with Gasteiger partial charge in [0.05, 0.1) is 18.1 Å². The van der Waals surface area contributed by atoms with Crippen molar-refractivity contribution in [3.8, 4) is 5.75 Å². The first-order valence-electron chi connectivity index (χ1n) is 13.1. The number of rotatable bonds is 12. The van der Waals surface area contributed by atoms with Gasteiger partial charge >= 0.3 is 0 Å². The standard InChI is InChI=1S/C30H32FN3O6S/c1-2-16-32-30(36)29(24-6-4-3-5-7-24)34(21-23-8-10-25(31)11-9-23)28(35)22-40-26-12-14-27(15-13-26)41(37,38)33-17-19-39-20-18-33/h2-15,29H,1,16-22H2,(H,32,36)/t29-/m0/s1. The molecule has 1 N–H and O–H groups in total. The summed E-state index contributed by atoms with van der Waals surface area (Å²) in [5.41, 5.74) is 1.21. The van der Waals surface area contributed by atoms with Crippen LogP contribution in [0.25, 0.3) is 0 Å². The molecule has 1 heterocycles. The molecule has 216 valence electrons. The lowest BCUT2D eigenvalue weighted by Crippen LogP contribution is -2.45. The maximum absolute atomic E-state index is 13.6. The highest BCUT2D eigenvalue weighted by molar-refractivity contribution is 7.89. The molecule has 2 amide bonds. The van der Waals surface area contributed by atoms with Gasteiger partial charge in [-0.2, -0.15) is 4.31 Å². The Labute approximate surface area is 239 Å². The van der Waals surface area contributed by atoms with Crippen molar-refractivity contribution in [1.29, 1.82) is 0 Å². The first-order chi connectivity index (χ1) is 19.8. The lowest BCUT2D eigenvalue weighted by Gasteiger charge is -2.31. The van der Waals surface area contributed by atoms with Crippen molar-refractivity contribution < 1.29 is 31.9 Å². The third-order valence-corrected chi connectivity index (χ3v) is 8.39. The van der Waals surface area contributed by atoms with Crippen LogP contribution in [0.3, 0.4) is 0 Å². The minimum Gasteiger partial charge on any atom is -0.484 e. The number of benzene rings is 3. The van der Waals surface area contributed by atoms with Gasteiger partial charge in [-0.05, 0) is 47.5 Å². The molecule has 1 atom stereocenters. The highest BCUT2D eigenvalue weighted by Gasteiger charge is 2.32. The molecule has 0 spiro atoms. The van der Waals surface area contributed by atoms with Crippen molar-refractivity contribution in [2.24, 2.45) is 0 Å². The first-order valence-corrected chi connectivity index (χ1v) is 14.5. The van der Waals surface area contributed by atoms with E-state index in [2.05, 4.69) is 11.9 Å². The van der Waals surface area contributed by atoms with Crippen molar-refractivity contribution in [2.75, 3.05) is 39.5 Å². The van der Waals surface area contributed by atoms with E-state index < -0.39 is 40.3 Å². The molecule has 11 heteroatoms. The topological polar surface area (TPSA) is 105 Å². The van der Waals surface area contributed by atoms with Crippen LogP contribution in [0.5, 0.6) is 5.75 Å². The Balaban J connectivity index is 1.55. The molecule has 1 saturated heterocycles. The normalized spacial score (nSPS) is 14.6. The second-order valence-electron chi connectivity index (χ2n) is 9.27. The fourth-order valence-corrected chi connectivity index (χ4v) is 5.77. The van der Waals surface area contributed by atoms with E-state index >= 15 is 0 Å². The van der Waals surface area contributed by atoms with Crippen LogP contribution in [0.1, 0.15) is 17.2 Å². The molecule has 0 unspecified atom stereocenters. The number of nitrogens with zero attached hydrogens (tertiary/aromatic N) is 2. The summed E-state index contributed by atoms with van der Waals surface area (Å²) in [6.07, 6.45) is 1.54. The van der Waals surface area contributed by atoms with Gasteiger partial charge in [-0.25, -0.2) is 12.8 Å². The van der Waals surface area contributed by atoms with E-state index in [4.69, 9.17) is 9.47 Å². The van der Waals surface area contributed by atoms with Crippen molar-refractivity contribution in [2.45, 2.75) is 17.5 Å². The van der Waals surface area contributed by atoms with E-state index in [0.29, 0.717) is 24.3 Å². The van der Waals surface area contributed by atoms with Gasteiger partial charge in [0.2, 0.25) is 15.9 Å². The summed E-state index contributed by atoms with van der Waals surface area (Å²) < 4.78 is 51.7. The predicted molar refractivity (Wildman–Crippen MR) is 151 cm³/mol. The molecular formula is C30H32FN3O6S. The molecule has 4 rings (SSSR count). The van der Waals surface area contributed by atoms with Crippen molar-refractivity contribution in [3.05, 3.63) is 108 Å². The smallest absolute Gasteiger partial charge is 0.261 e. The molecule has 0 aromatic heterocycles. The van der Waals surface area contributed by atoms with Gasteiger partial charge in [0, 0.05) is 26.2 Å². The number of carbonyl (C=O) groups is 2. The summed E-state index contributed by atoms with van der Waals surface area (Å²) >= 11 is 0. The Kier molecular flexibility index (Phi) is 10.2. The maximum Gasteiger partial charge on any atom is 0.261 e. The van der Waals surface area contributed by atoms with Crippen LogP contribution in [0.15, 0.2) is 96.4 Å². The predicted octanol–water partition coefficient (Wildman–Crippen LogP) is 3.30. The number of carbonyl (C=O) groups excluding carboxylic acids is 2. The Bertz CT molecular complexity index is 1430. The molecule has 0 aliphatic carbocycles. The second kappa shape index (κ2) is 14.0. The number of amides is 2. The molecule has 0 saturated carbocycles. The van der Waals surface area contributed by atoms with Gasteiger partial charge in [0.1, 0.15) is 17.6 Å². The number of hydrogen-bond donors (Lipinski definition) is 1. The zero-order chi connectivity index (χ0) is 29.2. The van der Waals surface area contributed by atoms with Crippen LogP contribution in [0, 0.1) is 5.82 Å². The lowest BCUT2D eigenvalue weighted by molar-refractivity contribution is -0.143. The number of nitrogens with one attached hydrogen (secondary N) is 1. The van der Waals surface area contributed by atoms with E-state index in [-0.39, 0.29) is 36.8 Å².